The van der Waals surface area contributed by atoms with Crippen molar-refractivity contribution in [3.8, 4) is 0 Å². The molecule has 0 fully saturated rings. The number of hydrogen-bond donors (Lipinski definition) is 1. The van der Waals surface area contributed by atoms with Crippen LogP contribution in [0.3, 0.4) is 0 Å². The molecule has 0 spiro atoms. The van der Waals surface area contributed by atoms with Gasteiger partial charge < -0.3 is 9.29 Å². The van der Waals surface area contributed by atoms with Crippen LogP contribution in [0.15, 0.2) is 11.3 Å². The van der Waals surface area contributed by atoms with Gasteiger partial charge in [-0.25, -0.2) is 4.79 Å². The third-order valence-electron chi connectivity index (χ3n) is 2.07. The summed E-state index contributed by atoms with van der Waals surface area (Å²) in [5.74, 6) is -1.16. The Hall–Kier alpha value is -1.04. The molecule has 0 saturated heterocycles. The molecule has 0 aromatic heterocycles. The molecule has 0 aromatic rings. The fourth-order valence-corrected chi connectivity index (χ4v) is 2.01. The van der Waals surface area contributed by atoms with Crippen molar-refractivity contribution in [2.45, 2.75) is 19.8 Å². The highest BCUT2D eigenvalue weighted by Gasteiger charge is 2.30. The van der Waals surface area contributed by atoms with E-state index in [1.807, 2.05) is 0 Å². The number of carboxylic acids is 1. The first-order valence-electron chi connectivity index (χ1n) is 4.17. The van der Waals surface area contributed by atoms with Crippen LogP contribution < -0.4 is 0 Å². The predicted octanol–water partition coefficient (Wildman–Crippen LogP) is 0.731. The highest BCUT2D eigenvalue weighted by atomic mass is 32.2. The molecule has 1 rings (SSSR count). The first-order chi connectivity index (χ1) is 6.31. The summed E-state index contributed by atoms with van der Waals surface area (Å²) >= 11 is 0. The molecule has 80 valence electrons. The van der Waals surface area contributed by atoms with Gasteiger partial charge in [0.2, 0.25) is 0 Å². The average molecular weight is 220 g/mol. The van der Waals surface area contributed by atoms with Gasteiger partial charge in [-0.15, -0.1) is 0 Å². The molecular formula is C8H12O5S. The first-order valence-corrected chi connectivity index (χ1v) is 5.98. The zero-order valence-electron chi connectivity index (χ0n) is 7.98. The van der Waals surface area contributed by atoms with E-state index in [0.29, 0.717) is 12.8 Å². The maximum atomic E-state index is 10.9. The normalized spacial score (nSPS) is 22.6. The molecule has 0 heterocycles. The van der Waals surface area contributed by atoms with Crippen molar-refractivity contribution in [1.82, 2.24) is 0 Å². The summed E-state index contributed by atoms with van der Waals surface area (Å²) in [7, 11) is -3.63. The number of carbonyl (C=O) groups is 1. The van der Waals surface area contributed by atoms with Gasteiger partial charge in [-0.2, -0.15) is 8.42 Å². The van der Waals surface area contributed by atoms with Crippen LogP contribution in [-0.4, -0.2) is 25.7 Å². The van der Waals surface area contributed by atoms with Gasteiger partial charge in [0.05, 0.1) is 11.8 Å². The lowest BCUT2D eigenvalue weighted by molar-refractivity contribution is -0.132. The molecule has 1 aliphatic rings. The van der Waals surface area contributed by atoms with E-state index in [0.717, 1.165) is 6.26 Å². The molecule has 5 nitrogen and oxygen atoms in total. The minimum Gasteiger partial charge on any atom is -0.478 e. The molecule has 0 saturated carbocycles. The molecule has 0 amide bonds. The molecule has 0 aliphatic heterocycles. The standard InChI is InChI=1S/C8H12O5S/c1-5-3-4-6(8(9)10)7(5)13-14(2,11)12/h5H,3-4H2,1-2H3,(H,9,10). The van der Waals surface area contributed by atoms with Crippen molar-refractivity contribution < 1.29 is 22.5 Å². The molecule has 1 atom stereocenters. The topological polar surface area (TPSA) is 80.7 Å². The van der Waals surface area contributed by atoms with Crippen molar-refractivity contribution in [3.05, 3.63) is 11.3 Å². The zero-order valence-corrected chi connectivity index (χ0v) is 8.80. The summed E-state index contributed by atoms with van der Waals surface area (Å²) in [6, 6.07) is 0. The smallest absolute Gasteiger partial charge is 0.335 e. The summed E-state index contributed by atoms with van der Waals surface area (Å²) in [4.78, 5) is 10.7. The molecule has 1 N–H and O–H groups in total. The Balaban J connectivity index is 3.02. The minimum absolute atomic E-state index is 0.0722. The zero-order chi connectivity index (χ0) is 10.9. The lowest BCUT2D eigenvalue weighted by Crippen LogP contribution is -2.09. The minimum atomic E-state index is -3.63. The molecule has 6 heteroatoms. The van der Waals surface area contributed by atoms with Crippen LogP contribution in [0, 0.1) is 5.92 Å². The maximum Gasteiger partial charge on any atom is 0.335 e. The molecule has 0 radical (unpaired) electrons. The Labute approximate surface area is 82.5 Å². The first kappa shape index (κ1) is 11.0. The van der Waals surface area contributed by atoms with Crippen LogP contribution in [0.1, 0.15) is 19.8 Å². The fraction of sp³-hybridized carbons (Fsp3) is 0.625. The summed E-state index contributed by atoms with van der Waals surface area (Å²) in [5.41, 5.74) is 0.0722. The molecule has 14 heavy (non-hydrogen) atoms. The molecule has 0 bridgehead atoms. The lowest BCUT2D eigenvalue weighted by atomic mass is 10.1. The number of hydrogen-bond acceptors (Lipinski definition) is 4. The monoisotopic (exact) mass is 220 g/mol. The van der Waals surface area contributed by atoms with E-state index in [-0.39, 0.29) is 17.3 Å². The Morgan fingerprint density at radius 2 is 2.14 bits per heavy atom. The SMILES string of the molecule is CC1CCC(C(=O)O)=C1OS(C)(=O)=O. The van der Waals surface area contributed by atoms with Crippen molar-refractivity contribution >= 4 is 16.1 Å². The van der Waals surface area contributed by atoms with Crippen LogP contribution in [0.5, 0.6) is 0 Å². The van der Waals surface area contributed by atoms with Crippen molar-refractivity contribution in [3.63, 3.8) is 0 Å². The lowest BCUT2D eigenvalue weighted by Gasteiger charge is -2.09. The summed E-state index contributed by atoms with van der Waals surface area (Å²) in [6.45, 7) is 1.75. The van der Waals surface area contributed by atoms with E-state index >= 15 is 0 Å². The van der Waals surface area contributed by atoms with Crippen molar-refractivity contribution in [2.24, 2.45) is 5.92 Å². The Morgan fingerprint density at radius 3 is 2.57 bits per heavy atom. The van der Waals surface area contributed by atoms with Gasteiger partial charge in [-0.3, -0.25) is 0 Å². The number of allylic oxidation sites excluding steroid dienone is 1. The molecular weight excluding hydrogens is 208 g/mol. The number of carboxylic acid groups (broad SMARTS) is 1. The molecule has 1 unspecified atom stereocenters. The summed E-state index contributed by atoms with van der Waals surface area (Å²) in [6.07, 6.45) is 1.89. The maximum absolute atomic E-state index is 10.9. The Morgan fingerprint density at radius 1 is 1.57 bits per heavy atom. The quantitative estimate of drug-likeness (QED) is 0.709. The van der Waals surface area contributed by atoms with E-state index < -0.39 is 16.1 Å². The second-order valence-corrected chi connectivity index (χ2v) is 4.95. The van der Waals surface area contributed by atoms with E-state index in [4.69, 9.17) is 5.11 Å². The second-order valence-electron chi connectivity index (χ2n) is 3.38. The van der Waals surface area contributed by atoms with Crippen LogP contribution in [-0.2, 0) is 19.1 Å². The fourth-order valence-electron chi connectivity index (χ4n) is 1.42. The highest BCUT2D eigenvalue weighted by Crippen LogP contribution is 2.33. The predicted molar refractivity (Wildman–Crippen MR) is 49.0 cm³/mol. The van der Waals surface area contributed by atoms with Crippen LogP contribution >= 0.6 is 0 Å². The van der Waals surface area contributed by atoms with E-state index in [1.165, 1.54) is 0 Å². The largest absolute Gasteiger partial charge is 0.478 e. The second kappa shape index (κ2) is 3.61. The number of rotatable bonds is 3. The third-order valence-corrected chi connectivity index (χ3v) is 2.55. The van der Waals surface area contributed by atoms with Gasteiger partial charge in [0, 0.05) is 5.92 Å². The van der Waals surface area contributed by atoms with E-state index in [9.17, 15) is 13.2 Å². The van der Waals surface area contributed by atoms with Gasteiger partial charge in [-0.1, -0.05) is 6.92 Å². The van der Waals surface area contributed by atoms with Crippen molar-refractivity contribution in [1.29, 1.82) is 0 Å². The van der Waals surface area contributed by atoms with Gasteiger partial charge >= 0.3 is 16.1 Å². The van der Waals surface area contributed by atoms with Gasteiger partial charge in [0.25, 0.3) is 0 Å². The third kappa shape index (κ3) is 2.47. The van der Waals surface area contributed by atoms with Gasteiger partial charge in [-0.05, 0) is 12.8 Å². The van der Waals surface area contributed by atoms with Crippen molar-refractivity contribution in [2.75, 3.05) is 6.26 Å². The molecule has 1 aliphatic carbocycles. The van der Waals surface area contributed by atoms with Crippen LogP contribution in [0.2, 0.25) is 0 Å². The van der Waals surface area contributed by atoms with E-state index in [1.54, 1.807) is 6.92 Å². The summed E-state index contributed by atoms with van der Waals surface area (Å²) in [5, 5.41) is 8.77. The summed E-state index contributed by atoms with van der Waals surface area (Å²) < 4.78 is 26.4. The Bertz CT molecular complexity index is 379. The highest BCUT2D eigenvalue weighted by molar-refractivity contribution is 7.86. The van der Waals surface area contributed by atoms with Gasteiger partial charge in [0.1, 0.15) is 5.76 Å². The van der Waals surface area contributed by atoms with Gasteiger partial charge in [0.15, 0.2) is 0 Å². The van der Waals surface area contributed by atoms with Crippen LogP contribution in [0.25, 0.3) is 0 Å². The molecule has 0 aromatic carbocycles. The number of aliphatic carboxylic acids is 1. The average Bonchev–Trinajstić information content (AvgIpc) is 2.29. The van der Waals surface area contributed by atoms with E-state index in [2.05, 4.69) is 4.18 Å². The van der Waals surface area contributed by atoms with Crippen LogP contribution in [0.4, 0.5) is 0 Å². The Kier molecular flexibility index (Phi) is 2.84.